The molecular formula is C12H16ClNO. The van der Waals surface area contributed by atoms with Crippen LogP contribution in [0, 0.1) is 6.92 Å². The third kappa shape index (κ3) is 3.92. The van der Waals surface area contributed by atoms with E-state index in [-0.39, 0.29) is 5.91 Å². The molecule has 0 fully saturated rings. The second kappa shape index (κ2) is 5.76. The van der Waals surface area contributed by atoms with E-state index in [0.717, 1.165) is 12.1 Å². The largest absolute Gasteiger partial charge is 0.325 e. The maximum Gasteiger partial charge on any atom is 0.242 e. The first-order valence-corrected chi connectivity index (χ1v) is 5.58. The highest BCUT2D eigenvalue weighted by molar-refractivity contribution is 6.32. The van der Waals surface area contributed by atoms with Gasteiger partial charge in [0.25, 0.3) is 0 Å². The van der Waals surface area contributed by atoms with E-state index in [1.165, 1.54) is 5.56 Å². The van der Waals surface area contributed by atoms with Crippen LogP contribution in [-0.4, -0.2) is 11.3 Å². The Balaban J connectivity index is 2.54. The summed E-state index contributed by atoms with van der Waals surface area (Å²) in [6.07, 6.45) is 1.62. The first-order chi connectivity index (χ1) is 7.13. The molecule has 0 aromatic heterocycles. The number of alkyl halides is 1. The van der Waals surface area contributed by atoms with Gasteiger partial charge in [-0.1, -0.05) is 31.0 Å². The molecule has 1 aromatic carbocycles. The topological polar surface area (TPSA) is 29.1 Å². The van der Waals surface area contributed by atoms with Crippen LogP contribution >= 0.6 is 11.6 Å². The smallest absolute Gasteiger partial charge is 0.242 e. The van der Waals surface area contributed by atoms with Gasteiger partial charge in [-0.15, -0.1) is 11.6 Å². The molecule has 3 heteroatoms. The van der Waals surface area contributed by atoms with Crippen molar-refractivity contribution in [2.24, 2.45) is 0 Å². The van der Waals surface area contributed by atoms with Gasteiger partial charge in [-0.25, -0.2) is 0 Å². The Hall–Kier alpha value is -1.02. The molecule has 1 rings (SSSR count). The lowest BCUT2D eigenvalue weighted by atomic mass is 10.2. The molecule has 15 heavy (non-hydrogen) atoms. The van der Waals surface area contributed by atoms with Gasteiger partial charge in [0.1, 0.15) is 5.38 Å². The SMILES string of the molecule is CCCC(Cl)C(=O)Nc1ccc(C)cc1. The molecule has 1 N–H and O–H groups in total. The van der Waals surface area contributed by atoms with Crippen molar-refractivity contribution in [3.8, 4) is 0 Å². The molecule has 0 spiro atoms. The van der Waals surface area contributed by atoms with E-state index in [4.69, 9.17) is 11.6 Å². The number of anilines is 1. The van der Waals surface area contributed by atoms with Gasteiger partial charge in [0.05, 0.1) is 0 Å². The lowest BCUT2D eigenvalue weighted by Crippen LogP contribution is -2.22. The van der Waals surface area contributed by atoms with Gasteiger partial charge in [0, 0.05) is 5.69 Å². The van der Waals surface area contributed by atoms with Crippen molar-refractivity contribution in [1.82, 2.24) is 0 Å². The average molecular weight is 226 g/mol. The number of carbonyl (C=O) groups is 1. The molecule has 0 aliphatic heterocycles. The van der Waals surface area contributed by atoms with Gasteiger partial charge >= 0.3 is 0 Å². The number of benzene rings is 1. The van der Waals surface area contributed by atoms with Gasteiger partial charge in [0.2, 0.25) is 5.91 Å². The monoisotopic (exact) mass is 225 g/mol. The van der Waals surface area contributed by atoms with Crippen LogP contribution in [0.4, 0.5) is 5.69 Å². The molecule has 0 radical (unpaired) electrons. The third-order valence-electron chi connectivity index (χ3n) is 2.15. The normalized spacial score (nSPS) is 12.2. The minimum atomic E-state index is -0.434. The van der Waals surface area contributed by atoms with Crippen LogP contribution in [-0.2, 0) is 4.79 Å². The molecule has 0 saturated heterocycles. The van der Waals surface area contributed by atoms with Crippen molar-refractivity contribution in [1.29, 1.82) is 0 Å². The second-order valence-electron chi connectivity index (χ2n) is 3.61. The summed E-state index contributed by atoms with van der Waals surface area (Å²) in [5, 5.41) is 2.35. The summed E-state index contributed by atoms with van der Waals surface area (Å²) >= 11 is 5.90. The van der Waals surface area contributed by atoms with Gasteiger partial charge in [-0.3, -0.25) is 4.79 Å². The lowest BCUT2D eigenvalue weighted by molar-refractivity contribution is -0.116. The van der Waals surface area contributed by atoms with Gasteiger partial charge in [-0.05, 0) is 25.5 Å². The number of rotatable bonds is 4. The van der Waals surface area contributed by atoms with Crippen LogP contribution in [0.3, 0.4) is 0 Å². The molecule has 2 nitrogen and oxygen atoms in total. The molecule has 0 bridgehead atoms. The highest BCUT2D eigenvalue weighted by atomic mass is 35.5. The minimum absolute atomic E-state index is 0.123. The fourth-order valence-corrected chi connectivity index (χ4v) is 1.51. The molecule has 0 aliphatic rings. The highest BCUT2D eigenvalue weighted by Gasteiger charge is 2.13. The molecule has 1 atom stereocenters. The Kier molecular flexibility index (Phi) is 4.63. The molecule has 0 saturated carbocycles. The fourth-order valence-electron chi connectivity index (χ4n) is 1.24. The predicted molar refractivity (Wildman–Crippen MR) is 64.4 cm³/mol. The fraction of sp³-hybridized carbons (Fsp3) is 0.417. The summed E-state index contributed by atoms with van der Waals surface area (Å²) < 4.78 is 0. The minimum Gasteiger partial charge on any atom is -0.325 e. The second-order valence-corrected chi connectivity index (χ2v) is 4.14. The van der Waals surface area contributed by atoms with E-state index in [0.29, 0.717) is 6.42 Å². The van der Waals surface area contributed by atoms with Crippen LogP contribution in [0.2, 0.25) is 0 Å². The maximum atomic E-state index is 11.5. The van der Waals surface area contributed by atoms with E-state index in [2.05, 4.69) is 5.32 Å². The lowest BCUT2D eigenvalue weighted by Gasteiger charge is -2.09. The molecule has 1 unspecified atom stereocenters. The molecule has 0 aliphatic carbocycles. The van der Waals surface area contributed by atoms with Crippen molar-refractivity contribution < 1.29 is 4.79 Å². The van der Waals surface area contributed by atoms with Crippen molar-refractivity contribution in [3.05, 3.63) is 29.8 Å². The zero-order chi connectivity index (χ0) is 11.3. The van der Waals surface area contributed by atoms with Gasteiger partial charge in [-0.2, -0.15) is 0 Å². The Morgan fingerprint density at radius 1 is 1.40 bits per heavy atom. The molecule has 1 aromatic rings. The van der Waals surface area contributed by atoms with Crippen LogP contribution in [0.15, 0.2) is 24.3 Å². The average Bonchev–Trinajstić information content (AvgIpc) is 2.22. The zero-order valence-corrected chi connectivity index (χ0v) is 9.84. The summed E-state index contributed by atoms with van der Waals surface area (Å²) in [5.74, 6) is -0.123. The number of halogens is 1. The van der Waals surface area contributed by atoms with E-state index >= 15 is 0 Å². The van der Waals surface area contributed by atoms with Crippen LogP contribution < -0.4 is 5.32 Å². The zero-order valence-electron chi connectivity index (χ0n) is 9.09. The Labute approximate surface area is 95.6 Å². The number of nitrogens with one attached hydrogen (secondary N) is 1. The highest BCUT2D eigenvalue weighted by Crippen LogP contribution is 2.12. The first-order valence-electron chi connectivity index (χ1n) is 5.15. The summed E-state index contributed by atoms with van der Waals surface area (Å²) in [6.45, 7) is 4.02. The van der Waals surface area contributed by atoms with Crippen molar-refractivity contribution >= 4 is 23.2 Å². The van der Waals surface area contributed by atoms with Crippen LogP contribution in [0.25, 0.3) is 0 Å². The number of amides is 1. The first kappa shape index (κ1) is 12.1. The van der Waals surface area contributed by atoms with Crippen LogP contribution in [0.5, 0.6) is 0 Å². The van der Waals surface area contributed by atoms with Crippen LogP contribution in [0.1, 0.15) is 25.3 Å². The standard InChI is InChI=1S/C12H16ClNO/c1-3-4-11(13)12(15)14-10-7-5-9(2)6-8-10/h5-8,11H,3-4H2,1-2H3,(H,14,15). The molecule has 82 valence electrons. The van der Waals surface area contributed by atoms with E-state index < -0.39 is 5.38 Å². The summed E-state index contributed by atoms with van der Waals surface area (Å²) in [6, 6.07) is 7.67. The molecular weight excluding hydrogens is 210 g/mol. The number of aryl methyl sites for hydroxylation is 1. The van der Waals surface area contributed by atoms with Crippen molar-refractivity contribution in [2.45, 2.75) is 32.1 Å². The Morgan fingerprint density at radius 2 is 2.00 bits per heavy atom. The van der Waals surface area contributed by atoms with Gasteiger partial charge in [0.15, 0.2) is 0 Å². The van der Waals surface area contributed by atoms with E-state index in [1.54, 1.807) is 0 Å². The molecule has 0 heterocycles. The number of hydrogen-bond acceptors (Lipinski definition) is 1. The quantitative estimate of drug-likeness (QED) is 0.783. The van der Waals surface area contributed by atoms with Crippen molar-refractivity contribution in [3.63, 3.8) is 0 Å². The summed E-state index contributed by atoms with van der Waals surface area (Å²) in [7, 11) is 0. The van der Waals surface area contributed by atoms with Crippen molar-refractivity contribution in [2.75, 3.05) is 5.32 Å². The number of hydrogen-bond donors (Lipinski definition) is 1. The summed E-state index contributed by atoms with van der Waals surface area (Å²) in [4.78, 5) is 11.5. The van der Waals surface area contributed by atoms with E-state index in [1.807, 2.05) is 38.1 Å². The maximum absolute atomic E-state index is 11.5. The predicted octanol–water partition coefficient (Wildman–Crippen LogP) is 3.34. The summed E-state index contributed by atoms with van der Waals surface area (Å²) in [5.41, 5.74) is 1.97. The third-order valence-corrected chi connectivity index (χ3v) is 2.56. The Morgan fingerprint density at radius 3 is 2.53 bits per heavy atom. The number of carbonyl (C=O) groups excluding carboxylic acids is 1. The Bertz CT molecular complexity index is 321. The molecule has 1 amide bonds. The van der Waals surface area contributed by atoms with E-state index in [9.17, 15) is 4.79 Å². The van der Waals surface area contributed by atoms with Gasteiger partial charge < -0.3 is 5.32 Å².